The number of aromatic nitrogens is 1. The molecule has 0 radical (unpaired) electrons. The van der Waals surface area contributed by atoms with Crippen LogP contribution in [0.5, 0.6) is 0 Å². The number of unbranched alkanes of at least 4 members (excludes halogenated alkanes) is 1. The molecule has 1 heterocycles. The van der Waals surface area contributed by atoms with Crippen LogP contribution in [0.3, 0.4) is 0 Å². The Bertz CT molecular complexity index is 548. The number of nitrogens with zero attached hydrogens (tertiary/aromatic N) is 1. The van der Waals surface area contributed by atoms with E-state index < -0.39 is 0 Å². The molecule has 1 aliphatic carbocycles. The fraction of sp³-hybridized carbons (Fsp3) is 0.667. The third-order valence-electron chi connectivity index (χ3n) is 4.62. The molecule has 0 aliphatic heterocycles. The van der Waals surface area contributed by atoms with Crippen LogP contribution in [0.1, 0.15) is 49.9 Å². The number of nitrogens with two attached hydrogens (primary N) is 1. The molecule has 3 atom stereocenters. The monoisotopic (exact) mass is 333 g/mol. The molecule has 1 saturated carbocycles. The number of anilines is 2. The fourth-order valence-corrected chi connectivity index (χ4v) is 2.69. The first kappa shape index (κ1) is 18.5. The van der Waals surface area contributed by atoms with Gasteiger partial charge in [0.05, 0.1) is 0 Å². The molecular weight excluding hydrogens is 302 g/mol. The van der Waals surface area contributed by atoms with Crippen LogP contribution in [0.4, 0.5) is 11.6 Å². The summed E-state index contributed by atoms with van der Waals surface area (Å²) in [6.45, 7) is 5.80. The average molecular weight is 333 g/mol. The normalized spacial score (nSPS) is 20.3. The number of rotatable bonds is 10. The Hall–Kier alpha value is -1.82. The average Bonchev–Trinajstić information content (AvgIpc) is 3.30. The molecule has 0 bridgehead atoms. The molecule has 0 aromatic carbocycles. The summed E-state index contributed by atoms with van der Waals surface area (Å²) in [7, 11) is 1.80. The van der Waals surface area contributed by atoms with E-state index in [1.807, 2.05) is 0 Å². The van der Waals surface area contributed by atoms with Crippen molar-refractivity contribution in [2.75, 3.05) is 30.8 Å². The van der Waals surface area contributed by atoms with E-state index in [0.717, 1.165) is 43.5 Å². The Kier molecular flexibility index (Phi) is 6.85. The third kappa shape index (κ3) is 5.67. The number of hydrogen-bond acceptors (Lipinski definition) is 5. The zero-order valence-electron chi connectivity index (χ0n) is 15.1. The lowest BCUT2D eigenvalue weighted by Gasteiger charge is -2.14. The van der Waals surface area contributed by atoms with Crippen molar-refractivity contribution < 1.29 is 4.79 Å². The maximum atomic E-state index is 12.4. The van der Waals surface area contributed by atoms with Crippen LogP contribution < -0.4 is 21.7 Å². The molecule has 6 nitrogen and oxygen atoms in total. The van der Waals surface area contributed by atoms with Crippen LogP contribution >= 0.6 is 0 Å². The Morgan fingerprint density at radius 1 is 1.42 bits per heavy atom. The van der Waals surface area contributed by atoms with Crippen molar-refractivity contribution >= 4 is 17.5 Å². The van der Waals surface area contributed by atoms with Crippen LogP contribution in [0.15, 0.2) is 12.1 Å². The predicted molar refractivity (Wildman–Crippen MR) is 99.4 cm³/mol. The van der Waals surface area contributed by atoms with Crippen molar-refractivity contribution in [1.29, 1.82) is 0 Å². The van der Waals surface area contributed by atoms with Gasteiger partial charge in [-0.05, 0) is 36.8 Å². The first-order valence-electron chi connectivity index (χ1n) is 9.01. The molecule has 0 spiro atoms. The molecule has 1 fully saturated rings. The topological polar surface area (TPSA) is 92.1 Å². The smallest absolute Gasteiger partial charge is 0.251 e. The molecule has 6 heteroatoms. The largest absolute Gasteiger partial charge is 0.373 e. The van der Waals surface area contributed by atoms with Gasteiger partial charge in [-0.2, -0.15) is 0 Å². The number of hydrogen-bond donors (Lipinski definition) is 4. The highest BCUT2D eigenvalue weighted by Crippen LogP contribution is 2.37. The zero-order valence-corrected chi connectivity index (χ0v) is 15.1. The summed E-state index contributed by atoms with van der Waals surface area (Å²) in [6, 6.07) is 3.58. The highest BCUT2D eigenvalue weighted by Gasteiger charge is 2.32. The molecule has 2 unspecified atom stereocenters. The molecule has 134 valence electrons. The second-order valence-corrected chi connectivity index (χ2v) is 6.84. The molecule has 1 aromatic heterocycles. The Labute approximate surface area is 145 Å². The molecule has 5 N–H and O–H groups in total. The quantitative estimate of drug-likeness (QED) is 0.528. The van der Waals surface area contributed by atoms with Gasteiger partial charge in [0.15, 0.2) is 0 Å². The van der Waals surface area contributed by atoms with Gasteiger partial charge in [-0.3, -0.25) is 4.79 Å². The first-order chi connectivity index (χ1) is 11.5. The molecule has 1 aromatic rings. The number of amides is 1. The maximum absolute atomic E-state index is 12.4. The van der Waals surface area contributed by atoms with E-state index in [1.54, 1.807) is 19.2 Å². The van der Waals surface area contributed by atoms with Gasteiger partial charge in [0.1, 0.15) is 11.6 Å². The van der Waals surface area contributed by atoms with E-state index in [0.29, 0.717) is 17.9 Å². The summed E-state index contributed by atoms with van der Waals surface area (Å²) in [5.41, 5.74) is 6.62. The zero-order chi connectivity index (χ0) is 17.5. The van der Waals surface area contributed by atoms with E-state index in [4.69, 9.17) is 5.73 Å². The van der Waals surface area contributed by atoms with Gasteiger partial charge in [-0.1, -0.05) is 26.7 Å². The van der Waals surface area contributed by atoms with Gasteiger partial charge in [0.2, 0.25) is 0 Å². The van der Waals surface area contributed by atoms with Gasteiger partial charge >= 0.3 is 0 Å². The second-order valence-electron chi connectivity index (χ2n) is 6.84. The van der Waals surface area contributed by atoms with E-state index in [2.05, 4.69) is 34.8 Å². The minimum absolute atomic E-state index is 0.00783. The number of carbonyl (C=O) groups is 1. The first-order valence-corrected chi connectivity index (χ1v) is 9.01. The predicted octanol–water partition coefficient (Wildman–Crippen LogP) is 2.44. The van der Waals surface area contributed by atoms with Crippen molar-refractivity contribution in [1.82, 2.24) is 10.3 Å². The van der Waals surface area contributed by atoms with Gasteiger partial charge in [-0.25, -0.2) is 4.98 Å². The van der Waals surface area contributed by atoms with Gasteiger partial charge in [0.25, 0.3) is 5.91 Å². The molecule has 2 rings (SSSR count). The van der Waals surface area contributed by atoms with Crippen molar-refractivity contribution in [3.63, 3.8) is 0 Å². The standard InChI is InChI=1S/C18H31N5O/c1-4-5-6-15(19)11-22-18(24)13-8-16(20-3)23-17(9-13)21-10-14-7-12(14)2/h8-9,12,14-15H,4-7,10-11,19H2,1-3H3,(H,22,24)(H2,20,21,23)/t12?,14?,15-/m0/s1. The maximum Gasteiger partial charge on any atom is 0.251 e. The Balaban J connectivity index is 1.93. The summed E-state index contributed by atoms with van der Waals surface area (Å²) in [5.74, 6) is 2.82. The van der Waals surface area contributed by atoms with Crippen LogP contribution in [0.25, 0.3) is 0 Å². The number of carbonyl (C=O) groups excluding carboxylic acids is 1. The van der Waals surface area contributed by atoms with E-state index in [1.165, 1.54) is 6.42 Å². The SMILES string of the molecule is CCCC[C@H](N)CNC(=O)c1cc(NC)nc(NCC2CC2C)c1. The molecule has 1 amide bonds. The molecular formula is C18H31N5O. The number of nitrogens with one attached hydrogen (secondary N) is 3. The third-order valence-corrected chi connectivity index (χ3v) is 4.62. The fourth-order valence-electron chi connectivity index (χ4n) is 2.69. The minimum atomic E-state index is -0.108. The molecule has 1 aliphatic rings. The molecule has 24 heavy (non-hydrogen) atoms. The van der Waals surface area contributed by atoms with Crippen LogP contribution in [-0.2, 0) is 0 Å². The van der Waals surface area contributed by atoms with E-state index in [9.17, 15) is 4.79 Å². The highest BCUT2D eigenvalue weighted by molar-refractivity contribution is 5.95. The van der Waals surface area contributed by atoms with E-state index in [-0.39, 0.29) is 11.9 Å². The second kappa shape index (κ2) is 8.87. The summed E-state index contributed by atoms with van der Waals surface area (Å²) in [4.78, 5) is 16.9. The van der Waals surface area contributed by atoms with Crippen molar-refractivity contribution in [3.8, 4) is 0 Å². The lowest BCUT2D eigenvalue weighted by Crippen LogP contribution is -2.37. The van der Waals surface area contributed by atoms with Gasteiger partial charge < -0.3 is 21.7 Å². The summed E-state index contributed by atoms with van der Waals surface area (Å²) in [6.07, 6.45) is 4.40. The Morgan fingerprint density at radius 3 is 2.75 bits per heavy atom. The minimum Gasteiger partial charge on any atom is -0.373 e. The number of pyridine rings is 1. The summed E-state index contributed by atoms with van der Waals surface area (Å²) in [5, 5.41) is 9.28. The lowest BCUT2D eigenvalue weighted by molar-refractivity contribution is 0.0950. The highest BCUT2D eigenvalue weighted by atomic mass is 16.1. The van der Waals surface area contributed by atoms with Gasteiger partial charge in [-0.15, -0.1) is 0 Å². The van der Waals surface area contributed by atoms with Crippen LogP contribution in [-0.4, -0.2) is 37.1 Å². The molecule has 0 saturated heterocycles. The van der Waals surface area contributed by atoms with Crippen molar-refractivity contribution in [3.05, 3.63) is 17.7 Å². The van der Waals surface area contributed by atoms with Crippen LogP contribution in [0, 0.1) is 11.8 Å². The van der Waals surface area contributed by atoms with E-state index >= 15 is 0 Å². The summed E-state index contributed by atoms with van der Waals surface area (Å²) < 4.78 is 0. The van der Waals surface area contributed by atoms with Crippen LogP contribution in [0.2, 0.25) is 0 Å². The van der Waals surface area contributed by atoms with Gasteiger partial charge in [0, 0.05) is 31.7 Å². The Morgan fingerprint density at radius 2 is 2.12 bits per heavy atom. The lowest BCUT2D eigenvalue weighted by atomic mass is 10.1. The summed E-state index contributed by atoms with van der Waals surface area (Å²) >= 11 is 0. The van der Waals surface area contributed by atoms with Crippen molar-refractivity contribution in [2.24, 2.45) is 17.6 Å². The van der Waals surface area contributed by atoms with Crippen molar-refractivity contribution in [2.45, 2.75) is 45.6 Å².